The maximum Gasteiger partial charge on any atom is 0.0435 e. The van der Waals surface area contributed by atoms with E-state index >= 15 is 0 Å². The van der Waals surface area contributed by atoms with Gasteiger partial charge in [0.1, 0.15) is 0 Å². The number of nitrogens with zero attached hydrogens (tertiary/aromatic N) is 1. The Bertz CT molecular complexity index is 143. The monoisotopic (exact) mass is 184 g/mol. The van der Waals surface area contributed by atoms with Gasteiger partial charge in [-0.3, -0.25) is 5.32 Å². The van der Waals surface area contributed by atoms with Gasteiger partial charge in [0.2, 0.25) is 0 Å². The fraction of sp³-hybridized carbons (Fsp3) is 0.800. The lowest BCUT2D eigenvalue weighted by molar-refractivity contribution is 0.707. The standard InChI is InChI=1S/C10H18NS/c1-2-3-4-5-8-12-10-6-7-11-9-10/h9H,2-8H2,1H3. The number of thioether (sulfide) groups is 1. The van der Waals surface area contributed by atoms with Crippen LogP contribution in [0.3, 0.4) is 0 Å². The van der Waals surface area contributed by atoms with Crippen LogP contribution in [0.4, 0.5) is 0 Å². The van der Waals surface area contributed by atoms with Crippen LogP contribution < -0.4 is 5.32 Å². The van der Waals surface area contributed by atoms with Crippen molar-refractivity contribution in [1.82, 2.24) is 5.32 Å². The first-order valence-corrected chi connectivity index (χ1v) is 5.90. The Kier molecular flexibility index (Phi) is 5.33. The molecule has 0 saturated carbocycles. The number of hydrogen-bond donors (Lipinski definition) is 0. The Hall–Kier alpha value is -0.110. The van der Waals surface area contributed by atoms with Crippen LogP contribution in [0.15, 0.2) is 11.1 Å². The van der Waals surface area contributed by atoms with E-state index in [1.54, 1.807) is 0 Å². The highest BCUT2D eigenvalue weighted by atomic mass is 32.2. The molecule has 2 heteroatoms. The summed E-state index contributed by atoms with van der Waals surface area (Å²) in [7, 11) is 0. The number of hydrogen-bond acceptors (Lipinski definition) is 1. The molecule has 0 aromatic heterocycles. The van der Waals surface area contributed by atoms with Gasteiger partial charge in [-0.15, -0.1) is 11.8 Å². The topological polar surface area (TPSA) is 14.1 Å². The summed E-state index contributed by atoms with van der Waals surface area (Å²) >= 11 is 2.00. The summed E-state index contributed by atoms with van der Waals surface area (Å²) in [5.74, 6) is 1.29. The van der Waals surface area contributed by atoms with Crippen molar-refractivity contribution in [3.63, 3.8) is 0 Å². The minimum atomic E-state index is 1.03. The largest absolute Gasteiger partial charge is 0.292 e. The highest BCUT2D eigenvalue weighted by Gasteiger charge is 2.04. The van der Waals surface area contributed by atoms with Crippen molar-refractivity contribution in [3.05, 3.63) is 11.1 Å². The van der Waals surface area contributed by atoms with E-state index in [2.05, 4.69) is 12.2 Å². The summed E-state index contributed by atoms with van der Waals surface area (Å²) in [6.07, 6.45) is 8.74. The lowest BCUT2D eigenvalue weighted by Gasteiger charge is -1.99. The molecule has 0 N–H and O–H groups in total. The van der Waals surface area contributed by atoms with Crippen LogP contribution in [-0.4, -0.2) is 12.3 Å². The Labute approximate surface area is 80.0 Å². The van der Waals surface area contributed by atoms with Crippen molar-refractivity contribution < 1.29 is 0 Å². The summed E-state index contributed by atoms with van der Waals surface area (Å²) in [4.78, 5) is 1.49. The van der Waals surface area contributed by atoms with E-state index < -0.39 is 0 Å². The molecule has 0 spiro atoms. The minimum Gasteiger partial charge on any atom is -0.292 e. The Morgan fingerprint density at radius 1 is 1.42 bits per heavy atom. The van der Waals surface area contributed by atoms with Crippen LogP contribution >= 0.6 is 11.8 Å². The molecular formula is C10H18NS. The van der Waals surface area contributed by atoms with Crippen LogP contribution in [0.2, 0.25) is 0 Å². The third-order valence-corrected chi connectivity index (χ3v) is 3.18. The molecule has 69 valence electrons. The van der Waals surface area contributed by atoms with Gasteiger partial charge in [-0.1, -0.05) is 26.2 Å². The molecule has 1 aliphatic heterocycles. The number of unbranched alkanes of at least 4 members (excludes halogenated alkanes) is 3. The summed E-state index contributed by atoms with van der Waals surface area (Å²) in [5, 5.41) is 4.20. The average Bonchev–Trinajstić information content (AvgIpc) is 2.57. The molecule has 0 bridgehead atoms. The maximum absolute atomic E-state index is 4.20. The first kappa shape index (κ1) is 9.97. The molecular weight excluding hydrogens is 166 g/mol. The van der Waals surface area contributed by atoms with E-state index in [4.69, 9.17) is 0 Å². The fourth-order valence-electron chi connectivity index (χ4n) is 1.25. The van der Waals surface area contributed by atoms with Gasteiger partial charge in [-0.05, 0) is 18.6 Å². The second kappa shape index (κ2) is 6.41. The van der Waals surface area contributed by atoms with E-state index in [-0.39, 0.29) is 0 Å². The molecule has 0 aliphatic carbocycles. The molecule has 0 saturated heterocycles. The first-order valence-electron chi connectivity index (χ1n) is 4.92. The maximum atomic E-state index is 4.20. The van der Waals surface area contributed by atoms with Gasteiger partial charge in [0.25, 0.3) is 0 Å². The average molecular weight is 184 g/mol. The molecule has 1 nitrogen and oxygen atoms in total. The zero-order valence-electron chi connectivity index (χ0n) is 7.88. The number of rotatable bonds is 6. The summed E-state index contributed by atoms with van der Waals surface area (Å²) in [5.41, 5.74) is 0. The van der Waals surface area contributed by atoms with Crippen LogP contribution in [-0.2, 0) is 0 Å². The second-order valence-corrected chi connectivity index (χ2v) is 4.38. The van der Waals surface area contributed by atoms with Crippen molar-refractivity contribution >= 4 is 11.8 Å². The molecule has 0 aromatic carbocycles. The van der Waals surface area contributed by atoms with Crippen molar-refractivity contribution in [2.75, 3.05) is 12.3 Å². The van der Waals surface area contributed by atoms with Crippen molar-refractivity contribution in [1.29, 1.82) is 0 Å². The van der Waals surface area contributed by atoms with Gasteiger partial charge >= 0.3 is 0 Å². The van der Waals surface area contributed by atoms with Crippen molar-refractivity contribution in [2.24, 2.45) is 0 Å². The summed E-state index contributed by atoms with van der Waals surface area (Å²) < 4.78 is 0. The van der Waals surface area contributed by atoms with Crippen LogP contribution in [0, 0.1) is 0 Å². The molecule has 0 unspecified atom stereocenters. The SMILES string of the molecule is CCCCCCSC1=C[N]CC1. The Morgan fingerprint density at radius 3 is 3.00 bits per heavy atom. The van der Waals surface area contributed by atoms with E-state index in [9.17, 15) is 0 Å². The minimum absolute atomic E-state index is 1.03. The molecule has 1 heterocycles. The third kappa shape index (κ3) is 4.05. The van der Waals surface area contributed by atoms with Crippen molar-refractivity contribution in [2.45, 2.75) is 39.0 Å². The van der Waals surface area contributed by atoms with Crippen LogP contribution in [0.25, 0.3) is 0 Å². The zero-order chi connectivity index (χ0) is 8.65. The summed E-state index contributed by atoms with van der Waals surface area (Å²) in [6, 6.07) is 0. The molecule has 0 amide bonds. The predicted molar refractivity (Wildman–Crippen MR) is 56.3 cm³/mol. The normalized spacial score (nSPS) is 15.9. The van der Waals surface area contributed by atoms with E-state index in [0.29, 0.717) is 0 Å². The molecule has 0 atom stereocenters. The lowest BCUT2D eigenvalue weighted by atomic mass is 10.2. The quantitative estimate of drug-likeness (QED) is 0.578. The van der Waals surface area contributed by atoms with Gasteiger partial charge in [-0.2, -0.15) is 0 Å². The van der Waals surface area contributed by atoms with Gasteiger partial charge in [0.15, 0.2) is 0 Å². The molecule has 12 heavy (non-hydrogen) atoms. The zero-order valence-corrected chi connectivity index (χ0v) is 8.70. The molecule has 1 aliphatic rings. The smallest absolute Gasteiger partial charge is 0.0435 e. The third-order valence-electron chi connectivity index (χ3n) is 2.01. The highest BCUT2D eigenvalue weighted by Crippen LogP contribution is 2.23. The van der Waals surface area contributed by atoms with Gasteiger partial charge in [0.05, 0.1) is 0 Å². The molecule has 1 radical (unpaired) electrons. The van der Waals surface area contributed by atoms with E-state index in [1.807, 2.05) is 18.0 Å². The van der Waals surface area contributed by atoms with E-state index in [0.717, 1.165) is 6.54 Å². The van der Waals surface area contributed by atoms with Crippen LogP contribution in [0.1, 0.15) is 39.0 Å². The highest BCUT2D eigenvalue weighted by molar-refractivity contribution is 8.03. The Morgan fingerprint density at radius 2 is 2.33 bits per heavy atom. The molecule has 1 rings (SSSR count). The van der Waals surface area contributed by atoms with Crippen LogP contribution in [0.5, 0.6) is 0 Å². The second-order valence-electron chi connectivity index (χ2n) is 3.16. The molecule has 0 aromatic rings. The molecule has 0 fully saturated rings. The summed E-state index contributed by atoms with van der Waals surface area (Å²) in [6.45, 7) is 3.28. The lowest BCUT2D eigenvalue weighted by Crippen LogP contribution is -1.86. The van der Waals surface area contributed by atoms with Gasteiger partial charge in [0, 0.05) is 17.6 Å². The Balaban J connectivity index is 1.88. The van der Waals surface area contributed by atoms with Crippen molar-refractivity contribution in [3.8, 4) is 0 Å². The predicted octanol–water partition coefficient (Wildman–Crippen LogP) is 3.15. The van der Waals surface area contributed by atoms with Gasteiger partial charge < -0.3 is 0 Å². The van der Waals surface area contributed by atoms with E-state index in [1.165, 1.54) is 42.8 Å². The fourth-order valence-corrected chi connectivity index (χ4v) is 2.24. The first-order chi connectivity index (χ1) is 5.93. The van der Waals surface area contributed by atoms with Gasteiger partial charge in [-0.25, -0.2) is 0 Å².